The topological polar surface area (TPSA) is 75.6 Å². The quantitative estimate of drug-likeness (QED) is 0.807. The zero-order valence-corrected chi connectivity index (χ0v) is 13.8. The number of ether oxygens (including phenoxy) is 1. The molecule has 1 aromatic rings. The van der Waals surface area contributed by atoms with Crippen molar-refractivity contribution in [2.75, 3.05) is 6.61 Å². The lowest BCUT2D eigenvalue weighted by Gasteiger charge is -2.22. The molecule has 2 unspecified atom stereocenters. The molecule has 2 atom stereocenters. The van der Waals surface area contributed by atoms with Crippen LogP contribution >= 0.6 is 15.9 Å². The van der Waals surface area contributed by atoms with Crippen molar-refractivity contribution in [3.8, 4) is 0 Å². The molecule has 1 heterocycles. The van der Waals surface area contributed by atoms with E-state index in [0.717, 1.165) is 30.3 Å². The van der Waals surface area contributed by atoms with E-state index in [1.165, 1.54) is 0 Å². The molecule has 1 amide bonds. The largest absolute Gasteiger partial charge is 0.479 e. The fourth-order valence-electron chi connectivity index (χ4n) is 2.50. The van der Waals surface area contributed by atoms with Gasteiger partial charge in [0, 0.05) is 17.5 Å². The highest BCUT2D eigenvalue weighted by Gasteiger charge is 2.23. The number of rotatable bonds is 6. The highest BCUT2D eigenvalue weighted by atomic mass is 79.9. The molecule has 1 aliphatic rings. The fourth-order valence-corrected chi connectivity index (χ4v) is 2.77. The fraction of sp³-hybridized carbons (Fsp3) is 0.500. The Balaban J connectivity index is 1.88. The molecule has 1 aliphatic heterocycles. The van der Waals surface area contributed by atoms with Crippen LogP contribution in [0.5, 0.6) is 0 Å². The molecule has 5 nitrogen and oxygen atoms in total. The van der Waals surface area contributed by atoms with Crippen LogP contribution in [0.4, 0.5) is 0 Å². The zero-order valence-electron chi connectivity index (χ0n) is 12.3. The standard InChI is InChI=1S/C16H20BrNO4/c17-12-6-4-11(5-7-12)15(16(20)21)18-14(19)9-8-13-3-1-2-10-22-13/h4-7,13,15H,1-3,8-10H2,(H,18,19)(H,20,21). The van der Waals surface area contributed by atoms with Gasteiger partial charge in [0.05, 0.1) is 6.10 Å². The van der Waals surface area contributed by atoms with Crippen molar-refractivity contribution >= 4 is 27.8 Å². The summed E-state index contributed by atoms with van der Waals surface area (Å²) < 4.78 is 6.44. The second-order valence-corrected chi connectivity index (χ2v) is 6.33. The van der Waals surface area contributed by atoms with E-state index in [9.17, 15) is 14.7 Å². The maximum absolute atomic E-state index is 12.0. The van der Waals surface area contributed by atoms with Gasteiger partial charge in [0.25, 0.3) is 0 Å². The number of amides is 1. The molecule has 1 saturated heterocycles. The molecule has 1 aromatic carbocycles. The molecular weight excluding hydrogens is 350 g/mol. The van der Waals surface area contributed by atoms with Crippen LogP contribution in [-0.2, 0) is 14.3 Å². The van der Waals surface area contributed by atoms with Crippen LogP contribution in [0.25, 0.3) is 0 Å². The lowest BCUT2D eigenvalue weighted by Crippen LogP contribution is -2.34. The Morgan fingerprint density at radius 2 is 2.05 bits per heavy atom. The number of hydrogen-bond donors (Lipinski definition) is 2. The first-order chi connectivity index (χ1) is 10.6. The third-order valence-electron chi connectivity index (χ3n) is 3.72. The minimum absolute atomic E-state index is 0.121. The number of nitrogens with one attached hydrogen (secondary N) is 1. The molecule has 22 heavy (non-hydrogen) atoms. The summed E-state index contributed by atoms with van der Waals surface area (Å²) in [5, 5.41) is 11.9. The van der Waals surface area contributed by atoms with Gasteiger partial charge in [-0.15, -0.1) is 0 Å². The lowest BCUT2D eigenvalue weighted by atomic mass is 10.0. The van der Waals surface area contributed by atoms with Gasteiger partial charge >= 0.3 is 5.97 Å². The zero-order chi connectivity index (χ0) is 15.9. The Morgan fingerprint density at radius 3 is 2.64 bits per heavy atom. The second kappa shape index (κ2) is 8.29. The van der Waals surface area contributed by atoms with E-state index in [2.05, 4.69) is 21.2 Å². The molecular formula is C16H20BrNO4. The van der Waals surface area contributed by atoms with Gasteiger partial charge in [-0.1, -0.05) is 28.1 Å². The molecule has 0 radical (unpaired) electrons. The molecule has 0 spiro atoms. The average molecular weight is 370 g/mol. The number of carboxylic acid groups (broad SMARTS) is 1. The maximum atomic E-state index is 12.0. The van der Waals surface area contributed by atoms with E-state index >= 15 is 0 Å². The number of halogens is 1. The monoisotopic (exact) mass is 369 g/mol. The first-order valence-corrected chi connectivity index (χ1v) is 8.25. The lowest BCUT2D eigenvalue weighted by molar-refractivity contribution is -0.142. The molecule has 0 bridgehead atoms. The molecule has 0 aliphatic carbocycles. The summed E-state index contributed by atoms with van der Waals surface area (Å²) in [5.74, 6) is -1.32. The first kappa shape index (κ1) is 17.0. The summed E-state index contributed by atoms with van der Waals surface area (Å²) in [6.07, 6.45) is 4.22. The number of carboxylic acids is 1. The molecule has 1 fully saturated rings. The third kappa shape index (κ3) is 5.10. The van der Waals surface area contributed by atoms with Gasteiger partial charge in [-0.2, -0.15) is 0 Å². The van der Waals surface area contributed by atoms with Crippen molar-refractivity contribution < 1.29 is 19.4 Å². The van der Waals surface area contributed by atoms with E-state index in [1.807, 2.05) is 0 Å². The van der Waals surface area contributed by atoms with Gasteiger partial charge in [-0.05, 0) is 43.4 Å². The summed E-state index contributed by atoms with van der Waals surface area (Å²) in [4.78, 5) is 23.4. The predicted octanol–water partition coefficient (Wildman–Crippen LogP) is 3.04. The molecule has 2 rings (SSSR count). The summed E-state index contributed by atoms with van der Waals surface area (Å²) >= 11 is 3.30. The van der Waals surface area contributed by atoms with Crippen molar-refractivity contribution in [3.63, 3.8) is 0 Å². The van der Waals surface area contributed by atoms with E-state index < -0.39 is 12.0 Å². The first-order valence-electron chi connectivity index (χ1n) is 7.45. The molecule has 0 saturated carbocycles. The SMILES string of the molecule is O=C(CCC1CCCCO1)NC(C(=O)O)c1ccc(Br)cc1. The van der Waals surface area contributed by atoms with Gasteiger partial charge in [0.1, 0.15) is 0 Å². The van der Waals surface area contributed by atoms with Gasteiger partial charge in [-0.25, -0.2) is 4.79 Å². The van der Waals surface area contributed by atoms with Crippen molar-refractivity contribution in [1.29, 1.82) is 0 Å². The van der Waals surface area contributed by atoms with Crippen molar-refractivity contribution in [3.05, 3.63) is 34.3 Å². The van der Waals surface area contributed by atoms with Crippen LogP contribution in [0, 0.1) is 0 Å². The van der Waals surface area contributed by atoms with Crippen molar-refractivity contribution in [2.45, 2.75) is 44.2 Å². The Labute approximate surface area is 138 Å². The van der Waals surface area contributed by atoms with Gasteiger partial charge < -0.3 is 15.2 Å². The van der Waals surface area contributed by atoms with Crippen molar-refractivity contribution in [1.82, 2.24) is 5.32 Å². The second-order valence-electron chi connectivity index (χ2n) is 5.42. The molecule has 2 N–H and O–H groups in total. The number of carbonyl (C=O) groups excluding carboxylic acids is 1. The number of hydrogen-bond acceptors (Lipinski definition) is 3. The minimum atomic E-state index is -1.07. The Bertz CT molecular complexity index is 511. The van der Waals surface area contributed by atoms with Gasteiger partial charge in [0.15, 0.2) is 6.04 Å². The van der Waals surface area contributed by atoms with Crippen molar-refractivity contribution in [2.24, 2.45) is 0 Å². The van der Waals surface area contributed by atoms with Crippen LogP contribution in [0.3, 0.4) is 0 Å². The Hall–Kier alpha value is -1.40. The van der Waals surface area contributed by atoms with Crippen LogP contribution < -0.4 is 5.32 Å². The number of aliphatic carboxylic acids is 1. The van der Waals surface area contributed by atoms with Gasteiger partial charge in [-0.3, -0.25) is 4.79 Å². The van der Waals surface area contributed by atoms with Crippen LogP contribution in [0.2, 0.25) is 0 Å². The summed E-state index contributed by atoms with van der Waals surface area (Å²) in [6, 6.07) is 5.87. The van der Waals surface area contributed by atoms with Gasteiger partial charge in [0.2, 0.25) is 5.91 Å². The summed E-state index contributed by atoms with van der Waals surface area (Å²) in [5.41, 5.74) is 0.554. The third-order valence-corrected chi connectivity index (χ3v) is 4.25. The smallest absolute Gasteiger partial charge is 0.330 e. The van der Waals surface area contributed by atoms with E-state index in [0.29, 0.717) is 12.0 Å². The normalized spacial score (nSPS) is 19.4. The van der Waals surface area contributed by atoms with E-state index in [4.69, 9.17) is 4.74 Å². The molecule has 6 heteroatoms. The summed E-state index contributed by atoms with van der Waals surface area (Å²) in [7, 11) is 0. The van der Waals surface area contributed by atoms with Crippen LogP contribution in [0.1, 0.15) is 43.7 Å². The number of carbonyl (C=O) groups is 2. The van der Waals surface area contributed by atoms with Crippen LogP contribution in [-0.4, -0.2) is 29.7 Å². The van der Waals surface area contributed by atoms with E-state index in [1.54, 1.807) is 24.3 Å². The maximum Gasteiger partial charge on any atom is 0.330 e. The highest BCUT2D eigenvalue weighted by molar-refractivity contribution is 9.10. The average Bonchev–Trinajstić information content (AvgIpc) is 2.52. The van der Waals surface area contributed by atoms with Crippen LogP contribution in [0.15, 0.2) is 28.7 Å². The molecule has 0 aromatic heterocycles. The predicted molar refractivity (Wildman–Crippen MR) is 85.5 cm³/mol. The highest BCUT2D eigenvalue weighted by Crippen LogP contribution is 2.19. The molecule has 120 valence electrons. The van der Waals surface area contributed by atoms with E-state index in [-0.39, 0.29) is 18.4 Å². The Kier molecular flexibility index (Phi) is 6.39. The Morgan fingerprint density at radius 1 is 1.32 bits per heavy atom. The minimum Gasteiger partial charge on any atom is -0.479 e. The number of benzene rings is 1. The summed E-state index contributed by atoms with van der Waals surface area (Å²) in [6.45, 7) is 0.753.